The Morgan fingerprint density at radius 1 is 1.50 bits per heavy atom. The molecule has 0 spiro atoms. The number of hydrogen-bond acceptors (Lipinski definition) is 6. The van der Waals surface area contributed by atoms with E-state index in [0.717, 1.165) is 25.8 Å². The van der Waals surface area contributed by atoms with Gasteiger partial charge in [-0.25, -0.2) is 0 Å². The normalized spacial score (nSPS) is 20.3. The summed E-state index contributed by atoms with van der Waals surface area (Å²) in [6.45, 7) is 7.69. The van der Waals surface area contributed by atoms with Gasteiger partial charge in [-0.1, -0.05) is 25.4 Å². The lowest BCUT2D eigenvalue weighted by molar-refractivity contribution is -0.151. The molecule has 112 valence electrons. The van der Waals surface area contributed by atoms with Gasteiger partial charge in [0.2, 0.25) is 5.89 Å². The summed E-state index contributed by atoms with van der Waals surface area (Å²) < 4.78 is 10.4. The van der Waals surface area contributed by atoms with Crippen molar-refractivity contribution in [1.82, 2.24) is 15.0 Å². The van der Waals surface area contributed by atoms with Gasteiger partial charge in [0.05, 0.1) is 13.2 Å². The minimum absolute atomic E-state index is 0.139. The molecule has 1 fully saturated rings. The fourth-order valence-electron chi connectivity index (χ4n) is 2.43. The molecule has 1 saturated heterocycles. The molecule has 1 aliphatic heterocycles. The van der Waals surface area contributed by atoms with Crippen LogP contribution in [0.4, 0.5) is 0 Å². The molecule has 1 atom stereocenters. The van der Waals surface area contributed by atoms with E-state index in [2.05, 4.69) is 15.0 Å². The minimum atomic E-state index is -0.176. The quantitative estimate of drug-likeness (QED) is 0.770. The Kier molecular flexibility index (Phi) is 5.11. The summed E-state index contributed by atoms with van der Waals surface area (Å²) in [5.41, 5.74) is 0. The monoisotopic (exact) mass is 281 g/mol. The Labute approximate surface area is 119 Å². The predicted octanol–water partition coefficient (Wildman–Crippen LogP) is 2.11. The first-order chi connectivity index (χ1) is 9.61. The fraction of sp³-hybridized carbons (Fsp3) is 0.786. The van der Waals surface area contributed by atoms with Crippen LogP contribution in [-0.2, 0) is 16.1 Å². The summed E-state index contributed by atoms with van der Waals surface area (Å²) in [7, 11) is 0. The number of esters is 1. The van der Waals surface area contributed by atoms with Crippen molar-refractivity contribution in [1.29, 1.82) is 0 Å². The molecule has 6 nitrogen and oxygen atoms in total. The van der Waals surface area contributed by atoms with Crippen molar-refractivity contribution < 1.29 is 14.1 Å². The molecule has 1 aromatic rings. The Bertz CT molecular complexity index is 445. The van der Waals surface area contributed by atoms with E-state index >= 15 is 0 Å². The van der Waals surface area contributed by atoms with Crippen molar-refractivity contribution in [2.75, 3.05) is 13.2 Å². The molecule has 0 radical (unpaired) electrons. The molecular weight excluding hydrogens is 258 g/mol. The largest absolute Gasteiger partial charge is 0.465 e. The number of nitrogens with zero attached hydrogens (tertiary/aromatic N) is 3. The smallest absolute Gasteiger partial charge is 0.323 e. The summed E-state index contributed by atoms with van der Waals surface area (Å²) in [5, 5.41) is 3.99. The van der Waals surface area contributed by atoms with E-state index in [9.17, 15) is 4.79 Å². The van der Waals surface area contributed by atoms with Crippen molar-refractivity contribution in [3.05, 3.63) is 11.7 Å². The van der Waals surface area contributed by atoms with Gasteiger partial charge in [0.25, 0.3) is 0 Å². The molecule has 20 heavy (non-hydrogen) atoms. The molecule has 0 bridgehead atoms. The predicted molar refractivity (Wildman–Crippen MR) is 73.1 cm³/mol. The second kappa shape index (κ2) is 6.83. The molecule has 6 heteroatoms. The topological polar surface area (TPSA) is 68.5 Å². The third-order valence-electron chi connectivity index (χ3n) is 3.49. The van der Waals surface area contributed by atoms with Crippen LogP contribution < -0.4 is 0 Å². The molecule has 0 N–H and O–H groups in total. The molecule has 0 aromatic carbocycles. The van der Waals surface area contributed by atoms with E-state index in [1.54, 1.807) is 0 Å². The summed E-state index contributed by atoms with van der Waals surface area (Å²) in [6, 6.07) is -0.176. The van der Waals surface area contributed by atoms with Gasteiger partial charge in [-0.2, -0.15) is 4.98 Å². The second-order valence-electron chi connectivity index (χ2n) is 5.44. The summed E-state index contributed by atoms with van der Waals surface area (Å²) in [6.07, 6.45) is 2.99. The highest BCUT2D eigenvalue weighted by atomic mass is 16.5. The zero-order valence-electron chi connectivity index (χ0n) is 12.5. The number of aromatic nitrogens is 2. The Morgan fingerprint density at radius 2 is 2.30 bits per heavy atom. The first-order valence-electron chi connectivity index (χ1n) is 7.35. The maximum absolute atomic E-state index is 12.0. The second-order valence-corrected chi connectivity index (χ2v) is 5.44. The molecule has 1 unspecified atom stereocenters. The molecule has 1 aliphatic rings. The van der Waals surface area contributed by atoms with E-state index in [4.69, 9.17) is 9.26 Å². The average Bonchev–Trinajstić information content (AvgIpc) is 2.88. The number of piperidine rings is 1. The Morgan fingerprint density at radius 3 is 2.95 bits per heavy atom. The first-order valence-corrected chi connectivity index (χ1v) is 7.35. The van der Waals surface area contributed by atoms with E-state index < -0.39 is 0 Å². The maximum atomic E-state index is 12.0. The lowest BCUT2D eigenvalue weighted by Gasteiger charge is -2.32. The highest BCUT2D eigenvalue weighted by Gasteiger charge is 2.30. The van der Waals surface area contributed by atoms with E-state index in [1.165, 1.54) is 0 Å². The highest BCUT2D eigenvalue weighted by molar-refractivity contribution is 5.75. The van der Waals surface area contributed by atoms with Gasteiger partial charge in [-0.05, 0) is 26.3 Å². The third kappa shape index (κ3) is 3.56. The number of carbonyl (C=O) groups excluding carboxylic acids is 1. The van der Waals surface area contributed by atoms with Crippen LogP contribution in [0, 0.1) is 0 Å². The molecule has 1 aromatic heterocycles. The van der Waals surface area contributed by atoms with Gasteiger partial charge < -0.3 is 9.26 Å². The Hall–Kier alpha value is -1.43. The maximum Gasteiger partial charge on any atom is 0.323 e. The fourth-order valence-corrected chi connectivity index (χ4v) is 2.43. The summed E-state index contributed by atoms with van der Waals surface area (Å²) >= 11 is 0. The van der Waals surface area contributed by atoms with Gasteiger partial charge in [0, 0.05) is 5.92 Å². The van der Waals surface area contributed by atoms with Crippen LogP contribution in [0.1, 0.15) is 57.7 Å². The van der Waals surface area contributed by atoms with Crippen molar-refractivity contribution >= 4 is 5.97 Å². The van der Waals surface area contributed by atoms with Gasteiger partial charge in [-0.15, -0.1) is 0 Å². The van der Waals surface area contributed by atoms with Crippen LogP contribution in [0.15, 0.2) is 4.52 Å². The molecule has 2 rings (SSSR count). The highest BCUT2D eigenvalue weighted by Crippen LogP contribution is 2.20. The molecule has 0 aliphatic carbocycles. The average molecular weight is 281 g/mol. The van der Waals surface area contributed by atoms with Gasteiger partial charge in [-0.3, -0.25) is 9.69 Å². The van der Waals surface area contributed by atoms with Gasteiger partial charge in [0.15, 0.2) is 5.82 Å². The number of ether oxygens (including phenoxy) is 1. The standard InChI is InChI=1S/C14H23N3O3/c1-4-19-14(18)11-7-5-6-8-17(11)9-12-15-13(10(2)3)20-16-12/h10-11H,4-9H2,1-3H3. The third-order valence-corrected chi connectivity index (χ3v) is 3.49. The van der Waals surface area contributed by atoms with Crippen LogP contribution in [0.3, 0.4) is 0 Å². The van der Waals surface area contributed by atoms with Crippen molar-refractivity contribution in [2.45, 2.75) is 58.5 Å². The molecule has 2 heterocycles. The van der Waals surface area contributed by atoms with Crippen LogP contribution in [0.25, 0.3) is 0 Å². The van der Waals surface area contributed by atoms with Crippen molar-refractivity contribution in [3.8, 4) is 0 Å². The lowest BCUT2D eigenvalue weighted by atomic mass is 10.0. The minimum Gasteiger partial charge on any atom is -0.465 e. The Balaban J connectivity index is 2.02. The van der Waals surface area contributed by atoms with E-state index in [0.29, 0.717) is 24.9 Å². The van der Waals surface area contributed by atoms with E-state index in [-0.39, 0.29) is 17.9 Å². The number of carbonyl (C=O) groups is 1. The first kappa shape index (κ1) is 15.0. The van der Waals surface area contributed by atoms with Crippen LogP contribution in [-0.4, -0.2) is 40.2 Å². The summed E-state index contributed by atoms with van der Waals surface area (Å²) in [5.74, 6) is 1.37. The zero-order valence-corrected chi connectivity index (χ0v) is 12.5. The summed E-state index contributed by atoms with van der Waals surface area (Å²) in [4.78, 5) is 18.4. The number of rotatable bonds is 5. The number of hydrogen-bond donors (Lipinski definition) is 0. The molecule has 0 saturated carbocycles. The molecular formula is C14H23N3O3. The van der Waals surface area contributed by atoms with Crippen molar-refractivity contribution in [3.63, 3.8) is 0 Å². The van der Waals surface area contributed by atoms with Crippen LogP contribution in [0.5, 0.6) is 0 Å². The zero-order chi connectivity index (χ0) is 14.5. The van der Waals surface area contributed by atoms with Gasteiger partial charge >= 0.3 is 5.97 Å². The van der Waals surface area contributed by atoms with Crippen LogP contribution in [0.2, 0.25) is 0 Å². The van der Waals surface area contributed by atoms with E-state index in [1.807, 2.05) is 20.8 Å². The number of likely N-dealkylation sites (tertiary alicyclic amines) is 1. The van der Waals surface area contributed by atoms with Crippen LogP contribution >= 0.6 is 0 Å². The SMILES string of the molecule is CCOC(=O)C1CCCCN1Cc1noc(C(C)C)n1. The molecule has 0 amide bonds. The van der Waals surface area contributed by atoms with Crippen molar-refractivity contribution in [2.24, 2.45) is 0 Å². The lowest BCUT2D eigenvalue weighted by Crippen LogP contribution is -2.45. The van der Waals surface area contributed by atoms with Gasteiger partial charge in [0.1, 0.15) is 6.04 Å².